The summed E-state index contributed by atoms with van der Waals surface area (Å²) in [5.41, 5.74) is 1.65. The van der Waals surface area contributed by atoms with E-state index in [-0.39, 0.29) is 11.5 Å². The Bertz CT molecular complexity index is 662. The Balaban J connectivity index is 2.27. The molecule has 4 nitrogen and oxygen atoms in total. The van der Waals surface area contributed by atoms with Crippen LogP contribution in [0.15, 0.2) is 42.5 Å². The molecule has 0 atom stereocenters. The highest BCUT2D eigenvalue weighted by atomic mass is 35.5. The molecule has 0 saturated carbocycles. The Kier molecular flexibility index (Phi) is 5.33. The zero-order chi connectivity index (χ0) is 16.1. The Hall–Kier alpha value is -2.14. The maximum absolute atomic E-state index is 13.0. The molecule has 0 fully saturated rings. The summed E-state index contributed by atoms with van der Waals surface area (Å²) in [6.45, 7) is 3.34. The van der Waals surface area contributed by atoms with Gasteiger partial charge in [-0.2, -0.15) is 0 Å². The molecule has 0 aliphatic rings. The lowest BCUT2D eigenvalue weighted by Gasteiger charge is -2.25. The fourth-order valence-corrected chi connectivity index (χ4v) is 2.52. The van der Waals surface area contributed by atoms with Crippen LogP contribution in [-0.2, 0) is 6.54 Å². The molecule has 0 amide bonds. The molecule has 116 valence electrons. The van der Waals surface area contributed by atoms with Crippen molar-refractivity contribution in [2.75, 3.05) is 11.4 Å². The van der Waals surface area contributed by atoms with Crippen molar-refractivity contribution in [3.8, 4) is 0 Å². The van der Waals surface area contributed by atoms with Gasteiger partial charge in [0.15, 0.2) is 0 Å². The van der Waals surface area contributed by atoms with Gasteiger partial charge in [0.25, 0.3) is 5.69 Å². The summed E-state index contributed by atoms with van der Waals surface area (Å²) in [5.74, 6) is -0.279. The van der Waals surface area contributed by atoms with Crippen molar-refractivity contribution in [3.05, 3.63) is 69.0 Å². The molecular weight excluding hydrogens is 307 g/mol. The van der Waals surface area contributed by atoms with Crippen molar-refractivity contribution in [3.63, 3.8) is 0 Å². The summed E-state index contributed by atoms with van der Waals surface area (Å²) in [6, 6.07) is 10.7. The first-order valence-electron chi connectivity index (χ1n) is 6.94. The molecule has 2 rings (SSSR count). The topological polar surface area (TPSA) is 46.4 Å². The summed E-state index contributed by atoms with van der Waals surface area (Å²) in [7, 11) is 0. The maximum Gasteiger partial charge on any atom is 0.271 e. The number of halogens is 2. The molecule has 0 unspecified atom stereocenters. The smallest absolute Gasteiger partial charge is 0.271 e. The van der Waals surface area contributed by atoms with Crippen molar-refractivity contribution >= 4 is 23.0 Å². The van der Waals surface area contributed by atoms with E-state index in [9.17, 15) is 14.5 Å². The first-order valence-corrected chi connectivity index (χ1v) is 7.32. The van der Waals surface area contributed by atoms with Crippen LogP contribution in [0.5, 0.6) is 0 Å². The van der Waals surface area contributed by atoms with Crippen LogP contribution in [0.3, 0.4) is 0 Å². The van der Waals surface area contributed by atoms with Gasteiger partial charge in [-0.15, -0.1) is 0 Å². The minimum Gasteiger partial charge on any atom is -0.366 e. The van der Waals surface area contributed by atoms with Gasteiger partial charge >= 0.3 is 0 Å². The molecular formula is C16H16ClFN2O2. The molecule has 0 aliphatic carbocycles. The Labute approximate surface area is 133 Å². The van der Waals surface area contributed by atoms with Crippen molar-refractivity contribution in [2.24, 2.45) is 0 Å². The van der Waals surface area contributed by atoms with Crippen molar-refractivity contribution in [1.82, 2.24) is 0 Å². The van der Waals surface area contributed by atoms with E-state index in [4.69, 9.17) is 11.6 Å². The van der Waals surface area contributed by atoms with Gasteiger partial charge in [-0.1, -0.05) is 30.7 Å². The van der Waals surface area contributed by atoms with E-state index in [1.165, 1.54) is 24.3 Å². The molecule has 0 aromatic heterocycles. The number of nitrogens with zero attached hydrogens (tertiary/aromatic N) is 2. The monoisotopic (exact) mass is 322 g/mol. The molecule has 0 bridgehead atoms. The van der Waals surface area contributed by atoms with Crippen LogP contribution in [0, 0.1) is 15.9 Å². The van der Waals surface area contributed by atoms with Crippen molar-refractivity contribution in [2.45, 2.75) is 19.9 Å². The number of hydrogen-bond acceptors (Lipinski definition) is 3. The standard InChI is InChI=1S/C16H16ClFN2O2/c1-2-9-19(11-12-3-5-13(18)6-4-12)16-8-7-14(20(21)22)10-15(16)17/h3-8,10H,2,9,11H2,1H3. The zero-order valence-electron chi connectivity index (χ0n) is 12.1. The lowest BCUT2D eigenvalue weighted by molar-refractivity contribution is -0.384. The van der Waals surface area contributed by atoms with Crippen LogP contribution in [-0.4, -0.2) is 11.5 Å². The molecule has 0 N–H and O–H groups in total. The summed E-state index contributed by atoms with van der Waals surface area (Å²) < 4.78 is 13.0. The quantitative estimate of drug-likeness (QED) is 0.566. The molecule has 22 heavy (non-hydrogen) atoms. The zero-order valence-corrected chi connectivity index (χ0v) is 12.9. The number of nitro groups is 1. The Morgan fingerprint density at radius 1 is 1.23 bits per heavy atom. The minimum absolute atomic E-state index is 0.0352. The molecule has 2 aromatic rings. The second-order valence-corrected chi connectivity index (χ2v) is 5.35. The average Bonchev–Trinajstić information content (AvgIpc) is 2.49. The highest BCUT2D eigenvalue weighted by Gasteiger charge is 2.14. The predicted molar refractivity (Wildman–Crippen MR) is 85.8 cm³/mol. The molecule has 0 heterocycles. The molecule has 6 heteroatoms. The second-order valence-electron chi connectivity index (χ2n) is 4.94. The van der Waals surface area contributed by atoms with E-state index in [2.05, 4.69) is 0 Å². The van der Waals surface area contributed by atoms with E-state index >= 15 is 0 Å². The van der Waals surface area contributed by atoms with Gasteiger partial charge in [-0.25, -0.2) is 4.39 Å². The second kappa shape index (κ2) is 7.22. The van der Waals surface area contributed by atoms with Gasteiger partial charge in [0, 0.05) is 25.2 Å². The highest BCUT2D eigenvalue weighted by molar-refractivity contribution is 6.33. The lowest BCUT2D eigenvalue weighted by Crippen LogP contribution is -2.23. The Morgan fingerprint density at radius 3 is 2.45 bits per heavy atom. The van der Waals surface area contributed by atoms with Gasteiger partial charge < -0.3 is 4.90 Å². The fourth-order valence-electron chi connectivity index (χ4n) is 2.23. The molecule has 0 saturated heterocycles. The van der Waals surface area contributed by atoms with E-state index in [1.807, 2.05) is 11.8 Å². The van der Waals surface area contributed by atoms with Gasteiger partial charge in [0.2, 0.25) is 0 Å². The number of anilines is 1. The molecule has 2 aromatic carbocycles. The maximum atomic E-state index is 13.0. The minimum atomic E-state index is -0.472. The molecule has 0 radical (unpaired) electrons. The Morgan fingerprint density at radius 2 is 1.91 bits per heavy atom. The molecule has 0 aliphatic heterocycles. The van der Waals surface area contributed by atoms with Gasteiger partial charge in [0.1, 0.15) is 5.82 Å². The normalized spacial score (nSPS) is 10.5. The van der Waals surface area contributed by atoms with E-state index in [0.717, 1.165) is 24.2 Å². The predicted octanol–water partition coefficient (Wildman–Crippen LogP) is 4.80. The van der Waals surface area contributed by atoms with Crippen LogP contribution < -0.4 is 4.90 Å². The average molecular weight is 323 g/mol. The first-order chi connectivity index (χ1) is 10.5. The van der Waals surface area contributed by atoms with Crippen LogP contribution in [0.25, 0.3) is 0 Å². The van der Waals surface area contributed by atoms with Gasteiger partial charge in [-0.3, -0.25) is 10.1 Å². The number of benzene rings is 2. The summed E-state index contributed by atoms with van der Waals surface area (Å²) in [6.07, 6.45) is 0.897. The number of nitro benzene ring substituents is 1. The van der Waals surface area contributed by atoms with E-state index in [1.54, 1.807) is 18.2 Å². The fraction of sp³-hybridized carbons (Fsp3) is 0.250. The van der Waals surface area contributed by atoms with E-state index in [0.29, 0.717) is 11.6 Å². The number of non-ortho nitro benzene ring substituents is 1. The van der Waals surface area contributed by atoms with Crippen molar-refractivity contribution in [1.29, 1.82) is 0 Å². The molecule has 0 spiro atoms. The van der Waals surface area contributed by atoms with E-state index < -0.39 is 4.92 Å². The third kappa shape index (κ3) is 3.95. The highest BCUT2D eigenvalue weighted by Crippen LogP contribution is 2.31. The van der Waals surface area contributed by atoms with Crippen LogP contribution in [0.2, 0.25) is 5.02 Å². The third-order valence-electron chi connectivity index (χ3n) is 3.26. The van der Waals surface area contributed by atoms with Crippen LogP contribution in [0.1, 0.15) is 18.9 Å². The first kappa shape index (κ1) is 16.2. The third-order valence-corrected chi connectivity index (χ3v) is 3.57. The van der Waals surface area contributed by atoms with Gasteiger partial charge in [-0.05, 0) is 30.2 Å². The largest absolute Gasteiger partial charge is 0.366 e. The number of rotatable bonds is 6. The lowest BCUT2D eigenvalue weighted by atomic mass is 10.1. The SMILES string of the molecule is CCCN(Cc1ccc(F)cc1)c1ccc([N+](=O)[O-])cc1Cl. The summed E-state index contributed by atoms with van der Waals surface area (Å²) in [4.78, 5) is 12.3. The van der Waals surface area contributed by atoms with Crippen LogP contribution in [0.4, 0.5) is 15.8 Å². The van der Waals surface area contributed by atoms with Gasteiger partial charge in [0.05, 0.1) is 15.6 Å². The van der Waals surface area contributed by atoms with Crippen LogP contribution >= 0.6 is 11.6 Å². The van der Waals surface area contributed by atoms with Crippen molar-refractivity contribution < 1.29 is 9.31 Å². The number of hydrogen-bond donors (Lipinski definition) is 0. The summed E-state index contributed by atoms with van der Waals surface area (Å²) >= 11 is 6.19. The summed E-state index contributed by atoms with van der Waals surface area (Å²) in [5, 5.41) is 11.1.